The monoisotopic (exact) mass is 333 g/mol. The van der Waals surface area contributed by atoms with Crippen LogP contribution in [0.25, 0.3) is 0 Å². The fourth-order valence-electron chi connectivity index (χ4n) is 2.62. The standard InChI is InChI=1S/C17H16FNO5/c1-22-15-9-24-14(8-13(15)20)17(21)19-12-6-3-7-23-16-10(12)4-2-5-11(16)18/h2,4-5,8-9,12H,3,6-7H2,1H3,(H,19,21)/t12-/m0/s1. The number of para-hydroxylation sites is 1. The van der Waals surface area contributed by atoms with Gasteiger partial charge in [0.15, 0.2) is 17.3 Å². The van der Waals surface area contributed by atoms with Gasteiger partial charge in [0, 0.05) is 11.6 Å². The Labute approximate surface area is 137 Å². The van der Waals surface area contributed by atoms with Crippen molar-refractivity contribution in [3.63, 3.8) is 0 Å². The second kappa shape index (κ2) is 6.74. The van der Waals surface area contributed by atoms with E-state index in [0.717, 1.165) is 12.3 Å². The highest BCUT2D eigenvalue weighted by Gasteiger charge is 2.25. The van der Waals surface area contributed by atoms with Crippen molar-refractivity contribution in [2.24, 2.45) is 0 Å². The first kappa shape index (κ1) is 16.0. The molecule has 2 aromatic rings. The van der Waals surface area contributed by atoms with Gasteiger partial charge in [-0.05, 0) is 18.9 Å². The van der Waals surface area contributed by atoms with Crippen LogP contribution < -0.4 is 20.2 Å². The third kappa shape index (κ3) is 3.10. The number of carbonyl (C=O) groups excluding carboxylic acids is 1. The minimum absolute atomic E-state index is 0.0156. The number of hydrogen-bond donors (Lipinski definition) is 1. The number of nitrogens with one attached hydrogen (secondary N) is 1. The van der Waals surface area contributed by atoms with Crippen LogP contribution in [0.15, 0.2) is 39.7 Å². The van der Waals surface area contributed by atoms with Crippen LogP contribution >= 0.6 is 0 Å². The van der Waals surface area contributed by atoms with Crippen LogP contribution in [-0.4, -0.2) is 19.6 Å². The number of ether oxygens (including phenoxy) is 2. The molecule has 7 heteroatoms. The van der Waals surface area contributed by atoms with Gasteiger partial charge in [-0.25, -0.2) is 4.39 Å². The smallest absolute Gasteiger partial charge is 0.287 e. The largest absolute Gasteiger partial charge is 0.490 e. The van der Waals surface area contributed by atoms with Crippen LogP contribution in [-0.2, 0) is 0 Å². The third-order valence-electron chi connectivity index (χ3n) is 3.80. The van der Waals surface area contributed by atoms with Gasteiger partial charge in [0.1, 0.15) is 6.26 Å². The maximum absolute atomic E-state index is 13.9. The zero-order valence-electron chi connectivity index (χ0n) is 13.0. The number of methoxy groups -OCH3 is 1. The topological polar surface area (TPSA) is 77.8 Å². The van der Waals surface area contributed by atoms with Crippen molar-refractivity contribution in [3.05, 3.63) is 57.9 Å². The Balaban J connectivity index is 1.86. The summed E-state index contributed by atoms with van der Waals surface area (Å²) in [6.45, 7) is 0.373. The number of fused-ring (bicyclic) bond motifs is 1. The quantitative estimate of drug-likeness (QED) is 0.933. The first-order valence-corrected chi connectivity index (χ1v) is 7.49. The summed E-state index contributed by atoms with van der Waals surface area (Å²) in [7, 11) is 1.34. The molecule has 0 bridgehead atoms. The van der Waals surface area contributed by atoms with Crippen LogP contribution in [0.2, 0.25) is 0 Å². The van der Waals surface area contributed by atoms with E-state index >= 15 is 0 Å². The summed E-state index contributed by atoms with van der Waals surface area (Å²) < 4.78 is 29.3. The van der Waals surface area contributed by atoms with Crippen molar-refractivity contribution in [1.82, 2.24) is 5.32 Å². The second-order valence-electron chi connectivity index (χ2n) is 5.35. The van der Waals surface area contributed by atoms with E-state index in [4.69, 9.17) is 13.9 Å². The summed E-state index contributed by atoms with van der Waals surface area (Å²) in [4.78, 5) is 24.1. The summed E-state index contributed by atoms with van der Waals surface area (Å²) >= 11 is 0. The molecule has 1 aliphatic rings. The average Bonchev–Trinajstić information content (AvgIpc) is 2.78. The van der Waals surface area contributed by atoms with E-state index in [0.29, 0.717) is 25.0 Å². The van der Waals surface area contributed by atoms with Gasteiger partial charge in [0.25, 0.3) is 5.91 Å². The normalized spacial score (nSPS) is 16.5. The van der Waals surface area contributed by atoms with Crippen LogP contribution in [0.1, 0.15) is 35.0 Å². The van der Waals surface area contributed by atoms with Gasteiger partial charge in [-0.2, -0.15) is 0 Å². The highest BCUT2D eigenvalue weighted by molar-refractivity contribution is 5.91. The zero-order chi connectivity index (χ0) is 17.1. The molecule has 0 unspecified atom stereocenters. The van der Waals surface area contributed by atoms with E-state index in [1.165, 1.54) is 13.2 Å². The molecule has 0 spiro atoms. The molecule has 1 aliphatic heterocycles. The van der Waals surface area contributed by atoms with Crippen molar-refractivity contribution in [2.75, 3.05) is 13.7 Å². The molecule has 0 radical (unpaired) electrons. The Morgan fingerprint density at radius 3 is 3.00 bits per heavy atom. The van der Waals surface area contributed by atoms with Gasteiger partial charge < -0.3 is 19.2 Å². The third-order valence-corrected chi connectivity index (χ3v) is 3.80. The average molecular weight is 333 g/mol. The lowest BCUT2D eigenvalue weighted by Crippen LogP contribution is -2.29. The molecule has 2 heterocycles. The molecule has 24 heavy (non-hydrogen) atoms. The SMILES string of the molecule is COc1coc(C(=O)N[C@H]2CCCOc3c(F)cccc32)cc1=O. The van der Waals surface area contributed by atoms with E-state index in [2.05, 4.69) is 5.32 Å². The van der Waals surface area contributed by atoms with Crippen LogP contribution in [0, 0.1) is 5.82 Å². The van der Waals surface area contributed by atoms with E-state index in [1.54, 1.807) is 12.1 Å². The number of amides is 1. The van der Waals surface area contributed by atoms with Gasteiger partial charge in [0.05, 0.1) is 19.8 Å². The molecular formula is C17H16FNO5. The molecule has 1 N–H and O–H groups in total. The molecule has 0 fully saturated rings. The number of benzene rings is 1. The second-order valence-corrected chi connectivity index (χ2v) is 5.35. The van der Waals surface area contributed by atoms with E-state index in [-0.39, 0.29) is 17.3 Å². The Morgan fingerprint density at radius 1 is 1.42 bits per heavy atom. The first-order chi connectivity index (χ1) is 11.6. The van der Waals surface area contributed by atoms with E-state index in [1.807, 2.05) is 0 Å². The first-order valence-electron chi connectivity index (χ1n) is 7.49. The van der Waals surface area contributed by atoms with Crippen LogP contribution in [0.5, 0.6) is 11.5 Å². The summed E-state index contributed by atoms with van der Waals surface area (Å²) in [6, 6.07) is 5.21. The lowest BCUT2D eigenvalue weighted by molar-refractivity contribution is 0.0903. The maximum Gasteiger partial charge on any atom is 0.287 e. The molecule has 0 aliphatic carbocycles. The van der Waals surface area contributed by atoms with Gasteiger partial charge >= 0.3 is 0 Å². The Morgan fingerprint density at radius 2 is 2.25 bits per heavy atom. The molecular weight excluding hydrogens is 317 g/mol. The molecule has 0 saturated heterocycles. The van der Waals surface area contributed by atoms with E-state index < -0.39 is 23.2 Å². The Bertz CT molecular complexity index is 817. The highest BCUT2D eigenvalue weighted by Crippen LogP contribution is 2.33. The van der Waals surface area contributed by atoms with Gasteiger partial charge in [-0.3, -0.25) is 9.59 Å². The lowest BCUT2D eigenvalue weighted by atomic mass is 10.0. The molecule has 1 aromatic carbocycles. The van der Waals surface area contributed by atoms with Crippen molar-refractivity contribution in [3.8, 4) is 11.5 Å². The summed E-state index contributed by atoms with van der Waals surface area (Å²) in [6.07, 6.45) is 2.33. The molecule has 6 nitrogen and oxygen atoms in total. The minimum Gasteiger partial charge on any atom is -0.490 e. The predicted octanol–water partition coefficient (Wildman–Crippen LogP) is 2.43. The fourth-order valence-corrected chi connectivity index (χ4v) is 2.62. The van der Waals surface area contributed by atoms with Crippen molar-refractivity contribution >= 4 is 5.91 Å². The number of carbonyl (C=O) groups is 1. The molecule has 1 amide bonds. The van der Waals surface area contributed by atoms with Gasteiger partial charge in [-0.15, -0.1) is 0 Å². The summed E-state index contributed by atoms with van der Waals surface area (Å²) in [5.74, 6) is -0.997. The molecule has 1 atom stereocenters. The molecule has 1 aromatic heterocycles. The number of rotatable bonds is 3. The fraction of sp³-hybridized carbons (Fsp3) is 0.294. The zero-order valence-corrected chi connectivity index (χ0v) is 13.0. The highest BCUT2D eigenvalue weighted by atomic mass is 19.1. The molecule has 126 valence electrons. The van der Waals surface area contributed by atoms with Crippen LogP contribution in [0.4, 0.5) is 4.39 Å². The summed E-state index contributed by atoms with van der Waals surface area (Å²) in [5, 5.41) is 2.76. The van der Waals surface area contributed by atoms with Crippen LogP contribution in [0.3, 0.4) is 0 Å². The van der Waals surface area contributed by atoms with Gasteiger partial charge in [-0.1, -0.05) is 12.1 Å². The van der Waals surface area contributed by atoms with Gasteiger partial charge in [0.2, 0.25) is 11.2 Å². The number of hydrogen-bond acceptors (Lipinski definition) is 5. The van der Waals surface area contributed by atoms with Crippen molar-refractivity contribution in [2.45, 2.75) is 18.9 Å². The number of halogens is 1. The molecule has 3 rings (SSSR count). The minimum atomic E-state index is -0.558. The maximum atomic E-state index is 13.9. The predicted molar refractivity (Wildman–Crippen MR) is 82.9 cm³/mol. The summed E-state index contributed by atoms with van der Waals surface area (Å²) in [5.41, 5.74) is 0.112. The lowest BCUT2D eigenvalue weighted by Gasteiger charge is -2.18. The van der Waals surface area contributed by atoms with E-state index in [9.17, 15) is 14.0 Å². The molecule has 0 saturated carbocycles. The Hall–Kier alpha value is -2.83. The van der Waals surface area contributed by atoms with Crippen molar-refractivity contribution < 1.29 is 23.1 Å². The Kier molecular flexibility index (Phi) is 4.50. The van der Waals surface area contributed by atoms with Crippen molar-refractivity contribution in [1.29, 1.82) is 0 Å².